The monoisotopic (exact) mass is 396 g/mol. The quantitative estimate of drug-likeness (QED) is 0.634. The van der Waals surface area contributed by atoms with Crippen LogP contribution in [0, 0.1) is 19.7 Å². The minimum absolute atomic E-state index is 0.269. The number of aromatic nitrogens is 2. The summed E-state index contributed by atoms with van der Waals surface area (Å²) in [5.41, 5.74) is 3.18. The van der Waals surface area contributed by atoms with Gasteiger partial charge in [-0.1, -0.05) is 0 Å². The van der Waals surface area contributed by atoms with Crippen molar-refractivity contribution >= 4 is 29.0 Å². The molecule has 0 spiro atoms. The summed E-state index contributed by atoms with van der Waals surface area (Å²) in [4.78, 5) is 23.8. The van der Waals surface area contributed by atoms with E-state index in [0.29, 0.717) is 16.5 Å². The van der Waals surface area contributed by atoms with Crippen molar-refractivity contribution in [3.63, 3.8) is 0 Å². The number of halogens is 1. The van der Waals surface area contributed by atoms with Gasteiger partial charge in [-0.05, 0) is 74.1 Å². The summed E-state index contributed by atoms with van der Waals surface area (Å²) < 4.78 is 14.1. The van der Waals surface area contributed by atoms with Crippen molar-refractivity contribution in [3.05, 3.63) is 71.3 Å². The molecule has 1 heterocycles. The molecule has 0 aliphatic rings. The van der Waals surface area contributed by atoms with Gasteiger partial charge in [-0.2, -0.15) is 0 Å². The van der Waals surface area contributed by atoms with Gasteiger partial charge in [0.25, 0.3) is 5.91 Å². The van der Waals surface area contributed by atoms with Gasteiger partial charge in [0.05, 0.1) is 5.69 Å². The van der Waals surface area contributed by atoms with Crippen LogP contribution < -0.4 is 10.2 Å². The van der Waals surface area contributed by atoms with E-state index in [1.165, 1.54) is 17.8 Å². The highest BCUT2D eigenvalue weighted by Crippen LogP contribution is 2.26. The molecule has 5 nitrogen and oxygen atoms in total. The zero-order chi connectivity index (χ0) is 20.3. The highest BCUT2D eigenvalue weighted by Gasteiger charge is 2.11. The maximum absolute atomic E-state index is 14.1. The number of hydrogen-bond donors (Lipinski definition) is 1. The topological polar surface area (TPSA) is 58.1 Å². The van der Waals surface area contributed by atoms with Crippen molar-refractivity contribution in [2.45, 2.75) is 23.9 Å². The lowest BCUT2D eigenvalue weighted by Gasteiger charge is -2.14. The fourth-order valence-electron chi connectivity index (χ4n) is 2.67. The molecule has 0 atom stereocenters. The fourth-order valence-corrected chi connectivity index (χ4v) is 3.53. The lowest BCUT2D eigenvalue weighted by atomic mass is 10.1. The summed E-state index contributed by atoms with van der Waals surface area (Å²) in [5, 5.41) is 3.47. The summed E-state index contributed by atoms with van der Waals surface area (Å²) in [6.07, 6.45) is 0. The van der Waals surface area contributed by atoms with Crippen LogP contribution in [0.25, 0.3) is 0 Å². The van der Waals surface area contributed by atoms with Crippen molar-refractivity contribution in [2.75, 3.05) is 24.3 Å². The minimum Gasteiger partial charge on any atom is -0.375 e. The predicted molar refractivity (Wildman–Crippen MR) is 111 cm³/mol. The molecule has 0 aliphatic carbocycles. The van der Waals surface area contributed by atoms with Crippen LogP contribution in [0.15, 0.2) is 58.6 Å². The summed E-state index contributed by atoms with van der Waals surface area (Å²) in [6, 6.07) is 13.7. The molecule has 0 saturated heterocycles. The lowest BCUT2D eigenvalue weighted by molar-refractivity contribution is 0.102. The molecule has 0 radical (unpaired) electrons. The van der Waals surface area contributed by atoms with Crippen molar-refractivity contribution in [1.29, 1.82) is 0 Å². The number of anilines is 2. The molecule has 7 heteroatoms. The van der Waals surface area contributed by atoms with E-state index in [0.717, 1.165) is 16.3 Å². The number of amides is 1. The Morgan fingerprint density at radius 1 is 1.00 bits per heavy atom. The van der Waals surface area contributed by atoms with Gasteiger partial charge in [-0.25, -0.2) is 14.4 Å². The maximum Gasteiger partial charge on any atom is 0.255 e. The van der Waals surface area contributed by atoms with Crippen molar-refractivity contribution in [2.24, 2.45) is 0 Å². The van der Waals surface area contributed by atoms with Gasteiger partial charge in [-0.15, -0.1) is 0 Å². The second-order valence-electron chi connectivity index (χ2n) is 6.57. The first-order valence-corrected chi connectivity index (χ1v) is 9.52. The van der Waals surface area contributed by atoms with Gasteiger partial charge in [0.2, 0.25) is 0 Å². The smallest absolute Gasteiger partial charge is 0.255 e. The van der Waals surface area contributed by atoms with Gasteiger partial charge in [0, 0.05) is 41.6 Å². The summed E-state index contributed by atoms with van der Waals surface area (Å²) in [6.45, 7) is 3.87. The van der Waals surface area contributed by atoms with Crippen LogP contribution >= 0.6 is 11.8 Å². The molecule has 3 rings (SSSR count). The van der Waals surface area contributed by atoms with E-state index in [9.17, 15) is 9.18 Å². The Morgan fingerprint density at radius 2 is 1.64 bits per heavy atom. The first kappa shape index (κ1) is 19.8. The standard InChI is InChI=1S/C21H21FN4OS/c1-13-11-14(2)24-21(23-13)28-17-8-6-16(7-9-17)25-20(27)15-5-10-19(26(3)4)18(22)12-15/h5-12H,1-4H3,(H,25,27). The Morgan fingerprint density at radius 3 is 2.21 bits per heavy atom. The summed E-state index contributed by atoms with van der Waals surface area (Å²) >= 11 is 1.46. The summed E-state index contributed by atoms with van der Waals surface area (Å²) in [7, 11) is 3.50. The predicted octanol–water partition coefficient (Wildman–Crippen LogP) is 4.70. The van der Waals surface area contributed by atoms with Gasteiger partial charge in [0.15, 0.2) is 5.16 Å². The van der Waals surface area contributed by atoms with Crippen molar-refractivity contribution in [1.82, 2.24) is 9.97 Å². The average molecular weight is 396 g/mol. The largest absolute Gasteiger partial charge is 0.375 e. The highest BCUT2D eigenvalue weighted by atomic mass is 32.2. The Hall–Kier alpha value is -2.93. The first-order valence-electron chi connectivity index (χ1n) is 8.70. The minimum atomic E-state index is -0.433. The zero-order valence-electron chi connectivity index (χ0n) is 16.2. The van der Waals surface area contributed by atoms with Crippen LogP contribution in [-0.4, -0.2) is 30.0 Å². The number of hydrogen-bond acceptors (Lipinski definition) is 5. The number of nitrogens with one attached hydrogen (secondary N) is 1. The van der Waals surface area contributed by atoms with Gasteiger partial charge in [-0.3, -0.25) is 4.79 Å². The molecular weight excluding hydrogens is 375 g/mol. The fraction of sp³-hybridized carbons (Fsp3) is 0.190. The van der Waals surface area contributed by atoms with E-state index in [1.54, 1.807) is 43.3 Å². The first-order chi connectivity index (χ1) is 13.3. The molecule has 144 valence electrons. The third kappa shape index (κ3) is 4.86. The zero-order valence-corrected chi connectivity index (χ0v) is 17.0. The van der Waals surface area contributed by atoms with Crippen LogP contribution in [0.3, 0.4) is 0 Å². The van der Waals surface area contributed by atoms with E-state index in [-0.39, 0.29) is 11.5 Å². The maximum atomic E-state index is 14.1. The number of rotatable bonds is 5. The molecule has 0 aliphatic heterocycles. The second-order valence-corrected chi connectivity index (χ2v) is 7.62. The number of aryl methyl sites for hydroxylation is 2. The molecule has 2 aromatic carbocycles. The Bertz CT molecular complexity index is 986. The molecule has 0 unspecified atom stereocenters. The highest BCUT2D eigenvalue weighted by molar-refractivity contribution is 7.99. The molecule has 28 heavy (non-hydrogen) atoms. The molecule has 0 bridgehead atoms. The Balaban J connectivity index is 1.68. The van der Waals surface area contributed by atoms with Crippen molar-refractivity contribution < 1.29 is 9.18 Å². The number of carbonyl (C=O) groups excluding carboxylic acids is 1. The van der Waals surface area contributed by atoms with Crippen molar-refractivity contribution in [3.8, 4) is 0 Å². The van der Waals surface area contributed by atoms with Crippen LogP contribution in [0.4, 0.5) is 15.8 Å². The summed E-state index contributed by atoms with van der Waals surface area (Å²) in [5.74, 6) is -0.792. The molecule has 1 N–H and O–H groups in total. The van der Waals surface area contributed by atoms with E-state index in [1.807, 2.05) is 32.0 Å². The van der Waals surface area contributed by atoms with E-state index in [2.05, 4.69) is 15.3 Å². The molecule has 0 fully saturated rings. The van der Waals surface area contributed by atoms with Crippen LogP contribution in [0.1, 0.15) is 21.7 Å². The van der Waals surface area contributed by atoms with Gasteiger partial charge >= 0.3 is 0 Å². The van der Waals surface area contributed by atoms with Gasteiger partial charge in [0.1, 0.15) is 5.82 Å². The van der Waals surface area contributed by atoms with E-state index < -0.39 is 5.82 Å². The molecule has 1 amide bonds. The number of carbonyl (C=O) groups is 1. The Kier molecular flexibility index (Phi) is 5.94. The molecule has 3 aromatic rings. The van der Waals surface area contributed by atoms with Crippen LogP contribution in [0.5, 0.6) is 0 Å². The number of nitrogens with zero attached hydrogens (tertiary/aromatic N) is 3. The lowest BCUT2D eigenvalue weighted by Crippen LogP contribution is -2.14. The molecule has 1 aromatic heterocycles. The van der Waals surface area contributed by atoms with Crippen LogP contribution in [0.2, 0.25) is 0 Å². The van der Waals surface area contributed by atoms with Crippen LogP contribution in [-0.2, 0) is 0 Å². The normalized spacial score (nSPS) is 10.6. The van der Waals surface area contributed by atoms with Gasteiger partial charge < -0.3 is 10.2 Å². The van der Waals surface area contributed by atoms with E-state index in [4.69, 9.17) is 0 Å². The van der Waals surface area contributed by atoms with E-state index >= 15 is 0 Å². The SMILES string of the molecule is Cc1cc(C)nc(Sc2ccc(NC(=O)c3ccc(N(C)C)c(F)c3)cc2)n1. The third-order valence-corrected chi connectivity index (χ3v) is 4.85. The number of benzene rings is 2. The second kappa shape index (κ2) is 8.39. The molecule has 0 saturated carbocycles. The average Bonchev–Trinajstić information content (AvgIpc) is 2.62. The molecular formula is C21H21FN4OS. The third-order valence-electron chi connectivity index (χ3n) is 3.97. The Labute approximate surface area is 168 Å².